The van der Waals surface area contributed by atoms with Crippen molar-refractivity contribution in [1.29, 1.82) is 0 Å². The van der Waals surface area contributed by atoms with Gasteiger partial charge in [-0.15, -0.1) is 0 Å². The Labute approximate surface area is 153 Å². The summed E-state index contributed by atoms with van der Waals surface area (Å²) < 4.78 is 32.9. The monoisotopic (exact) mass is 374 g/mol. The normalized spacial score (nSPS) is 14.5. The molecule has 2 aromatic carbocycles. The maximum absolute atomic E-state index is 13.1. The Kier molecular flexibility index (Phi) is 5.29. The summed E-state index contributed by atoms with van der Waals surface area (Å²) in [6.45, 7) is 2.51. The fourth-order valence-electron chi connectivity index (χ4n) is 3.01. The molecule has 6 nitrogen and oxygen atoms in total. The lowest BCUT2D eigenvalue weighted by atomic mass is 10.0. The van der Waals surface area contributed by atoms with Gasteiger partial charge < -0.3 is 10.1 Å². The number of anilines is 1. The summed E-state index contributed by atoms with van der Waals surface area (Å²) in [4.78, 5) is 11.9. The minimum Gasteiger partial charge on any atom is -0.495 e. The van der Waals surface area contributed by atoms with Crippen LogP contribution in [0.2, 0.25) is 0 Å². The highest BCUT2D eigenvalue weighted by Gasteiger charge is 2.29. The standard InChI is InChI=1S/C19H22N2O4S/c1-3-19(22)20-17-12-16(8-9-18(17)25-2)26(23,24)21-11-10-14-6-4-5-7-15(14)13-21/h4-9,12H,3,10-11,13H2,1-2H3,(H,20,22). The summed E-state index contributed by atoms with van der Waals surface area (Å²) in [5, 5.41) is 2.70. The van der Waals surface area contributed by atoms with Crippen molar-refractivity contribution in [1.82, 2.24) is 4.31 Å². The number of methoxy groups -OCH3 is 1. The third-order valence-electron chi connectivity index (χ3n) is 4.50. The van der Waals surface area contributed by atoms with E-state index >= 15 is 0 Å². The van der Waals surface area contributed by atoms with E-state index in [2.05, 4.69) is 5.32 Å². The van der Waals surface area contributed by atoms with E-state index in [-0.39, 0.29) is 10.8 Å². The minimum absolute atomic E-state index is 0.143. The molecule has 0 aromatic heterocycles. The van der Waals surface area contributed by atoms with E-state index in [9.17, 15) is 13.2 Å². The fraction of sp³-hybridized carbons (Fsp3) is 0.316. The highest BCUT2D eigenvalue weighted by molar-refractivity contribution is 7.89. The fourth-order valence-corrected chi connectivity index (χ4v) is 4.45. The van der Waals surface area contributed by atoms with Gasteiger partial charge in [-0.3, -0.25) is 4.79 Å². The third kappa shape index (κ3) is 3.59. The topological polar surface area (TPSA) is 75.7 Å². The molecule has 0 aliphatic carbocycles. The lowest BCUT2D eigenvalue weighted by Crippen LogP contribution is -2.36. The second-order valence-electron chi connectivity index (χ2n) is 6.12. The zero-order valence-corrected chi connectivity index (χ0v) is 15.7. The van der Waals surface area contributed by atoms with E-state index in [1.54, 1.807) is 13.0 Å². The molecule has 26 heavy (non-hydrogen) atoms. The Hall–Kier alpha value is -2.38. The Balaban J connectivity index is 1.92. The molecule has 0 saturated heterocycles. The summed E-state index contributed by atoms with van der Waals surface area (Å²) in [5.74, 6) is 0.222. The number of hydrogen-bond donors (Lipinski definition) is 1. The number of hydrogen-bond acceptors (Lipinski definition) is 4. The third-order valence-corrected chi connectivity index (χ3v) is 6.34. The number of carbonyl (C=O) groups excluding carboxylic acids is 1. The predicted octanol–water partition coefficient (Wildman–Crippen LogP) is 2.79. The van der Waals surface area contributed by atoms with Crippen LogP contribution in [0.15, 0.2) is 47.4 Å². The van der Waals surface area contributed by atoms with Gasteiger partial charge in [-0.2, -0.15) is 4.31 Å². The molecule has 1 heterocycles. The zero-order valence-electron chi connectivity index (χ0n) is 14.9. The van der Waals surface area contributed by atoms with Gasteiger partial charge >= 0.3 is 0 Å². The molecule has 0 radical (unpaired) electrons. The van der Waals surface area contributed by atoms with E-state index in [0.29, 0.717) is 37.4 Å². The molecule has 1 amide bonds. The van der Waals surface area contributed by atoms with Crippen LogP contribution in [0.5, 0.6) is 5.75 Å². The lowest BCUT2D eigenvalue weighted by Gasteiger charge is -2.28. The van der Waals surface area contributed by atoms with Crippen LogP contribution in [0.1, 0.15) is 24.5 Å². The molecule has 0 unspecified atom stereocenters. The Bertz CT molecular complexity index is 925. The van der Waals surface area contributed by atoms with Crippen molar-refractivity contribution in [2.24, 2.45) is 0 Å². The van der Waals surface area contributed by atoms with Gasteiger partial charge in [-0.1, -0.05) is 31.2 Å². The molecule has 7 heteroatoms. The average Bonchev–Trinajstić information content (AvgIpc) is 2.67. The van der Waals surface area contributed by atoms with Gasteiger partial charge in [-0.05, 0) is 35.7 Å². The Morgan fingerprint density at radius 1 is 1.19 bits per heavy atom. The number of amides is 1. The van der Waals surface area contributed by atoms with Gasteiger partial charge in [0.15, 0.2) is 0 Å². The second kappa shape index (κ2) is 7.47. The summed E-state index contributed by atoms with van der Waals surface area (Å²) in [7, 11) is -2.19. The molecule has 0 spiro atoms. The van der Waals surface area contributed by atoms with Crippen molar-refractivity contribution in [2.45, 2.75) is 31.2 Å². The van der Waals surface area contributed by atoms with Gasteiger partial charge in [-0.25, -0.2) is 8.42 Å². The van der Waals surface area contributed by atoms with Crippen LogP contribution in [0, 0.1) is 0 Å². The number of ether oxygens (including phenoxy) is 1. The SMILES string of the molecule is CCC(=O)Nc1cc(S(=O)(=O)N2CCc3ccccc3C2)ccc1OC. The summed E-state index contributed by atoms with van der Waals surface area (Å²) in [6, 6.07) is 12.4. The quantitative estimate of drug-likeness (QED) is 0.873. The summed E-state index contributed by atoms with van der Waals surface area (Å²) in [6.07, 6.45) is 0.980. The van der Waals surface area contributed by atoms with Crippen LogP contribution in [0.25, 0.3) is 0 Å². The molecule has 1 aliphatic heterocycles. The predicted molar refractivity (Wildman–Crippen MR) is 99.7 cm³/mol. The highest BCUT2D eigenvalue weighted by atomic mass is 32.2. The molecule has 0 bridgehead atoms. The molecule has 0 atom stereocenters. The molecule has 0 saturated carbocycles. The smallest absolute Gasteiger partial charge is 0.243 e. The van der Waals surface area contributed by atoms with Crippen LogP contribution < -0.4 is 10.1 Å². The van der Waals surface area contributed by atoms with Crippen LogP contribution in [-0.2, 0) is 27.8 Å². The number of sulfonamides is 1. The van der Waals surface area contributed by atoms with E-state index in [0.717, 1.165) is 5.56 Å². The minimum atomic E-state index is -3.67. The largest absolute Gasteiger partial charge is 0.495 e. The molecule has 0 fully saturated rings. The lowest BCUT2D eigenvalue weighted by molar-refractivity contribution is -0.115. The first-order valence-corrected chi connectivity index (χ1v) is 9.94. The first-order chi connectivity index (χ1) is 12.5. The first-order valence-electron chi connectivity index (χ1n) is 8.50. The number of benzene rings is 2. The number of nitrogens with zero attached hydrogens (tertiary/aromatic N) is 1. The molecule has 1 N–H and O–H groups in total. The van der Waals surface area contributed by atoms with Crippen molar-refractivity contribution in [3.8, 4) is 5.75 Å². The molecular weight excluding hydrogens is 352 g/mol. The Morgan fingerprint density at radius 3 is 2.62 bits per heavy atom. The van der Waals surface area contributed by atoms with Gasteiger partial charge in [0.05, 0.1) is 17.7 Å². The maximum Gasteiger partial charge on any atom is 0.243 e. The maximum atomic E-state index is 13.1. The van der Waals surface area contributed by atoms with Gasteiger partial charge in [0.1, 0.15) is 5.75 Å². The number of nitrogens with one attached hydrogen (secondary N) is 1. The van der Waals surface area contributed by atoms with Crippen molar-refractivity contribution < 1.29 is 17.9 Å². The van der Waals surface area contributed by atoms with Gasteiger partial charge in [0, 0.05) is 19.5 Å². The van der Waals surface area contributed by atoms with Crippen LogP contribution >= 0.6 is 0 Å². The van der Waals surface area contributed by atoms with Crippen LogP contribution in [0.3, 0.4) is 0 Å². The van der Waals surface area contributed by atoms with Gasteiger partial charge in [0.2, 0.25) is 15.9 Å². The highest BCUT2D eigenvalue weighted by Crippen LogP contribution is 2.31. The Morgan fingerprint density at radius 2 is 1.92 bits per heavy atom. The molecule has 2 aromatic rings. The van der Waals surface area contributed by atoms with Crippen molar-refractivity contribution in [3.05, 3.63) is 53.6 Å². The van der Waals surface area contributed by atoms with Crippen molar-refractivity contribution in [2.75, 3.05) is 19.0 Å². The van der Waals surface area contributed by atoms with Crippen molar-refractivity contribution >= 4 is 21.6 Å². The summed E-state index contributed by atoms with van der Waals surface area (Å²) in [5.41, 5.74) is 2.57. The molecular formula is C19H22N2O4S. The van der Waals surface area contributed by atoms with E-state index in [1.165, 1.54) is 29.1 Å². The molecule has 3 rings (SSSR count). The number of fused-ring (bicyclic) bond motifs is 1. The van der Waals surface area contributed by atoms with E-state index in [4.69, 9.17) is 4.74 Å². The second-order valence-corrected chi connectivity index (χ2v) is 8.06. The van der Waals surface area contributed by atoms with Gasteiger partial charge in [0.25, 0.3) is 0 Å². The summed E-state index contributed by atoms with van der Waals surface area (Å²) >= 11 is 0. The molecule has 1 aliphatic rings. The van der Waals surface area contributed by atoms with E-state index < -0.39 is 10.0 Å². The number of rotatable bonds is 5. The average molecular weight is 374 g/mol. The van der Waals surface area contributed by atoms with Crippen molar-refractivity contribution in [3.63, 3.8) is 0 Å². The zero-order chi connectivity index (χ0) is 18.7. The molecule has 138 valence electrons. The van der Waals surface area contributed by atoms with Crippen LogP contribution in [-0.4, -0.2) is 32.3 Å². The van der Waals surface area contributed by atoms with Crippen LogP contribution in [0.4, 0.5) is 5.69 Å². The first kappa shape index (κ1) is 18.4. The van der Waals surface area contributed by atoms with E-state index in [1.807, 2.05) is 24.3 Å². The number of carbonyl (C=O) groups is 1.